The standard InChI is InChI=1S/C11H21F3N2S/c1-8(4-15-7-11(12,13)14)16-5-9(2)17-10(3)6-16/h8-10,15H,4-7H2,1-3H3. The largest absolute Gasteiger partial charge is 0.401 e. The topological polar surface area (TPSA) is 15.3 Å². The van der Waals surface area contributed by atoms with E-state index in [2.05, 4.69) is 24.1 Å². The van der Waals surface area contributed by atoms with Crippen LogP contribution in [0.25, 0.3) is 0 Å². The van der Waals surface area contributed by atoms with Crippen LogP contribution in [0.15, 0.2) is 0 Å². The monoisotopic (exact) mass is 270 g/mol. The van der Waals surface area contributed by atoms with Crippen LogP contribution in [0.3, 0.4) is 0 Å². The van der Waals surface area contributed by atoms with E-state index in [4.69, 9.17) is 0 Å². The number of rotatable bonds is 4. The predicted octanol–water partition coefficient (Wildman–Crippen LogP) is 2.35. The van der Waals surface area contributed by atoms with Gasteiger partial charge in [0.15, 0.2) is 0 Å². The average molecular weight is 270 g/mol. The molecule has 2 nitrogen and oxygen atoms in total. The number of halogens is 3. The Morgan fingerprint density at radius 3 is 2.29 bits per heavy atom. The molecule has 0 aromatic heterocycles. The second-order valence-electron chi connectivity index (χ2n) is 4.81. The number of nitrogens with zero attached hydrogens (tertiary/aromatic N) is 1. The van der Waals surface area contributed by atoms with Crippen LogP contribution >= 0.6 is 11.8 Å². The number of nitrogens with one attached hydrogen (secondary N) is 1. The molecule has 0 saturated carbocycles. The van der Waals surface area contributed by atoms with E-state index in [1.165, 1.54) is 0 Å². The first-order chi connectivity index (χ1) is 7.78. The van der Waals surface area contributed by atoms with E-state index in [9.17, 15) is 13.2 Å². The van der Waals surface area contributed by atoms with Gasteiger partial charge in [0.05, 0.1) is 6.54 Å². The van der Waals surface area contributed by atoms with Crippen molar-refractivity contribution in [2.75, 3.05) is 26.2 Å². The highest BCUT2D eigenvalue weighted by Crippen LogP contribution is 2.25. The minimum absolute atomic E-state index is 0.156. The van der Waals surface area contributed by atoms with Gasteiger partial charge in [-0.1, -0.05) is 13.8 Å². The Balaban J connectivity index is 2.29. The van der Waals surface area contributed by atoms with Crippen molar-refractivity contribution in [3.8, 4) is 0 Å². The van der Waals surface area contributed by atoms with Crippen molar-refractivity contribution < 1.29 is 13.2 Å². The molecule has 0 aliphatic carbocycles. The van der Waals surface area contributed by atoms with E-state index in [1.807, 2.05) is 18.7 Å². The van der Waals surface area contributed by atoms with Gasteiger partial charge in [-0.3, -0.25) is 4.90 Å². The molecule has 1 heterocycles. The Hall–Kier alpha value is 0.0600. The molecule has 1 saturated heterocycles. The molecule has 1 rings (SSSR count). The fourth-order valence-electron chi connectivity index (χ4n) is 2.13. The molecule has 0 spiro atoms. The van der Waals surface area contributed by atoms with Crippen molar-refractivity contribution in [3.05, 3.63) is 0 Å². The minimum atomic E-state index is -4.11. The molecule has 6 heteroatoms. The summed E-state index contributed by atoms with van der Waals surface area (Å²) in [4.78, 5) is 2.27. The molecule has 0 bridgehead atoms. The smallest absolute Gasteiger partial charge is 0.307 e. The fourth-order valence-corrected chi connectivity index (χ4v) is 3.48. The number of hydrogen-bond donors (Lipinski definition) is 1. The van der Waals surface area contributed by atoms with Crippen molar-refractivity contribution >= 4 is 11.8 Å². The summed E-state index contributed by atoms with van der Waals surface area (Å²) < 4.78 is 36.0. The van der Waals surface area contributed by atoms with Crippen LogP contribution in [0.4, 0.5) is 13.2 Å². The first-order valence-corrected chi connectivity index (χ1v) is 6.89. The van der Waals surface area contributed by atoms with Gasteiger partial charge in [-0.15, -0.1) is 0 Å². The molecule has 0 aromatic carbocycles. The maximum atomic E-state index is 12.0. The normalized spacial score (nSPS) is 29.3. The number of alkyl halides is 3. The van der Waals surface area contributed by atoms with Gasteiger partial charge in [0.25, 0.3) is 0 Å². The highest BCUT2D eigenvalue weighted by Gasteiger charge is 2.28. The first-order valence-electron chi connectivity index (χ1n) is 5.95. The number of thioether (sulfide) groups is 1. The summed E-state index contributed by atoms with van der Waals surface area (Å²) in [5, 5.41) is 3.60. The van der Waals surface area contributed by atoms with Crippen molar-refractivity contribution in [3.63, 3.8) is 0 Å². The molecular formula is C11H21F3N2S. The van der Waals surface area contributed by atoms with Crippen LogP contribution in [0.1, 0.15) is 20.8 Å². The summed E-state index contributed by atoms with van der Waals surface area (Å²) in [7, 11) is 0. The van der Waals surface area contributed by atoms with Gasteiger partial charge in [-0.05, 0) is 6.92 Å². The second kappa shape index (κ2) is 6.29. The van der Waals surface area contributed by atoms with E-state index < -0.39 is 12.7 Å². The van der Waals surface area contributed by atoms with E-state index in [0.717, 1.165) is 13.1 Å². The SMILES string of the molecule is CC1CN(C(C)CNCC(F)(F)F)CC(C)S1. The molecule has 1 aliphatic heterocycles. The zero-order chi connectivity index (χ0) is 13.1. The van der Waals surface area contributed by atoms with Crippen LogP contribution in [0.2, 0.25) is 0 Å². The average Bonchev–Trinajstić information content (AvgIpc) is 2.13. The summed E-state index contributed by atoms with van der Waals surface area (Å²) in [5.74, 6) is 0. The van der Waals surface area contributed by atoms with E-state index in [1.54, 1.807) is 0 Å². The maximum absolute atomic E-state index is 12.0. The van der Waals surface area contributed by atoms with Crippen molar-refractivity contribution in [2.45, 2.75) is 43.5 Å². The molecule has 102 valence electrons. The highest BCUT2D eigenvalue weighted by molar-refractivity contribution is 8.00. The van der Waals surface area contributed by atoms with Crippen LogP contribution in [-0.2, 0) is 0 Å². The first kappa shape index (κ1) is 15.1. The lowest BCUT2D eigenvalue weighted by molar-refractivity contribution is -0.125. The Kier molecular flexibility index (Phi) is 5.60. The predicted molar refractivity (Wildman–Crippen MR) is 66.5 cm³/mol. The molecule has 3 atom stereocenters. The van der Waals surface area contributed by atoms with Gasteiger partial charge in [-0.2, -0.15) is 24.9 Å². The highest BCUT2D eigenvalue weighted by atomic mass is 32.2. The van der Waals surface area contributed by atoms with Gasteiger partial charge in [0.2, 0.25) is 0 Å². The van der Waals surface area contributed by atoms with E-state index in [0.29, 0.717) is 17.0 Å². The van der Waals surface area contributed by atoms with Crippen molar-refractivity contribution in [1.82, 2.24) is 10.2 Å². The van der Waals surface area contributed by atoms with E-state index in [-0.39, 0.29) is 6.04 Å². The molecule has 1 aliphatic rings. The van der Waals surface area contributed by atoms with Gasteiger partial charge in [0.1, 0.15) is 0 Å². The summed E-state index contributed by atoms with van der Waals surface area (Å²) in [5.41, 5.74) is 0. The molecule has 0 radical (unpaired) electrons. The lowest BCUT2D eigenvalue weighted by Gasteiger charge is -2.38. The Morgan fingerprint density at radius 2 is 1.82 bits per heavy atom. The summed E-state index contributed by atoms with van der Waals surface area (Å²) in [6, 6.07) is 0.156. The second-order valence-corrected chi connectivity index (χ2v) is 6.69. The Bertz CT molecular complexity index is 225. The van der Waals surface area contributed by atoms with Crippen molar-refractivity contribution in [2.24, 2.45) is 0 Å². The molecule has 1 N–H and O–H groups in total. The maximum Gasteiger partial charge on any atom is 0.401 e. The van der Waals surface area contributed by atoms with Gasteiger partial charge in [-0.25, -0.2) is 0 Å². The lowest BCUT2D eigenvalue weighted by atomic mass is 10.2. The van der Waals surface area contributed by atoms with Crippen LogP contribution in [0, 0.1) is 0 Å². The Morgan fingerprint density at radius 1 is 1.29 bits per heavy atom. The third-order valence-corrected chi connectivity index (χ3v) is 4.06. The van der Waals surface area contributed by atoms with Crippen LogP contribution < -0.4 is 5.32 Å². The third kappa shape index (κ3) is 5.97. The van der Waals surface area contributed by atoms with E-state index >= 15 is 0 Å². The lowest BCUT2D eigenvalue weighted by Crippen LogP contribution is -2.49. The quantitative estimate of drug-likeness (QED) is 0.844. The minimum Gasteiger partial charge on any atom is -0.307 e. The van der Waals surface area contributed by atoms with Crippen LogP contribution in [-0.4, -0.2) is 53.8 Å². The van der Waals surface area contributed by atoms with Crippen molar-refractivity contribution in [1.29, 1.82) is 0 Å². The molecule has 17 heavy (non-hydrogen) atoms. The Labute approximate surface area is 105 Å². The zero-order valence-corrected chi connectivity index (χ0v) is 11.4. The third-order valence-electron chi connectivity index (χ3n) is 2.84. The molecule has 3 unspecified atom stereocenters. The van der Waals surface area contributed by atoms with Gasteiger partial charge < -0.3 is 5.32 Å². The number of hydrogen-bond acceptors (Lipinski definition) is 3. The molecule has 0 amide bonds. The molecule has 1 fully saturated rings. The summed E-state index contributed by atoms with van der Waals surface area (Å²) in [6.07, 6.45) is -4.11. The summed E-state index contributed by atoms with van der Waals surface area (Å²) in [6.45, 7) is 7.74. The zero-order valence-electron chi connectivity index (χ0n) is 10.5. The summed E-state index contributed by atoms with van der Waals surface area (Å²) >= 11 is 1.95. The van der Waals surface area contributed by atoms with Gasteiger partial charge in [0, 0.05) is 36.2 Å². The fraction of sp³-hybridized carbons (Fsp3) is 1.00. The van der Waals surface area contributed by atoms with Gasteiger partial charge >= 0.3 is 6.18 Å². The van der Waals surface area contributed by atoms with Crippen LogP contribution in [0.5, 0.6) is 0 Å². The molecular weight excluding hydrogens is 249 g/mol. The molecule has 0 aromatic rings.